The fourth-order valence-corrected chi connectivity index (χ4v) is 12.7. The van der Waals surface area contributed by atoms with E-state index in [1.807, 2.05) is 0 Å². The Kier molecular flexibility index (Phi) is 14.2. The summed E-state index contributed by atoms with van der Waals surface area (Å²) in [5, 5.41) is 0. The average molecular weight is 1070 g/mol. The Bertz CT molecular complexity index is 4000. The van der Waals surface area contributed by atoms with Crippen LogP contribution in [0.5, 0.6) is 0 Å². The number of benzene rings is 14. The molecule has 0 saturated heterocycles. The molecule has 14 aromatic carbocycles. The van der Waals surface area contributed by atoms with Crippen LogP contribution in [0.4, 0.5) is 0 Å². The zero-order valence-electron chi connectivity index (χ0n) is 46.5. The maximum atomic E-state index is 2.35. The van der Waals surface area contributed by atoms with Gasteiger partial charge in [0.25, 0.3) is 0 Å². The molecule has 0 nitrogen and oxygen atoms in total. The molecular formula is C84H58. The van der Waals surface area contributed by atoms with Crippen LogP contribution in [0.2, 0.25) is 0 Å². The highest BCUT2D eigenvalue weighted by molar-refractivity contribution is 6.17. The molecule has 394 valence electrons. The lowest BCUT2D eigenvalue weighted by atomic mass is 9.74. The second-order valence-corrected chi connectivity index (χ2v) is 21.3. The van der Waals surface area contributed by atoms with Gasteiger partial charge >= 0.3 is 0 Å². The lowest BCUT2D eigenvalue weighted by Crippen LogP contribution is -2.02. The van der Waals surface area contributed by atoms with Crippen molar-refractivity contribution >= 4 is 0 Å². The van der Waals surface area contributed by atoms with Crippen LogP contribution in [0.25, 0.3) is 145 Å². The van der Waals surface area contributed by atoms with E-state index >= 15 is 0 Å². The largest absolute Gasteiger partial charge is 0.0622 e. The third-order valence-electron chi connectivity index (χ3n) is 16.3. The summed E-state index contributed by atoms with van der Waals surface area (Å²) in [6, 6.07) is 129. The SMILES string of the molecule is c1ccc(-c2c(-c3ccccc3)c(-c3ccccc3)c(-c3ccc(-c4ccc(-c5c(-c6ccccc6)c(-c6ccccc6)c(-c6ccccc6)c(-c6ccccc6)c5-c5ccccc5)cc4)cc3)c(-c3ccccc3)c2-c2ccccc2)cc1. The quantitative estimate of drug-likeness (QED) is 0.108. The minimum Gasteiger partial charge on any atom is -0.0622 e. The summed E-state index contributed by atoms with van der Waals surface area (Å²) in [5.41, 5.74) is 30.6. The minimum atomic E-state index is 1.14. The van der Waals surface area contributed by atoms with Gasteiger partial charge in [-0.25, -0.2) is 0 Å². The first-order valence-electron chi connectivity index (χ1n) is 29.0. The Morgan fingerprint density at radius 1 is 0.0714 bits per heavy atom. The molecule has 0 N–H and O–H groups in total. The average Bonchev–Trinajstić information content (AvgIpc) is 2.66. The molecule has 0 bridgehead atoms. The van der Waals surface area contributed by atoms with Crippen LogP contribution in [0.15, 0.2) is 352 Å². The summed E-state index contributed by atoms with van der Waals surface area (Å²) in [6.45, 7) is 0. The predicted molar refractivity (Wildman–Crippen MR) is 357 cm³/mol. The fourth-order valence-electron chi connectivity index (χ4n) is 12.7. The molecule has 0 aromatic heterocycles. The Hall–Kier alpha value is -10.9. The fraction of sp³-hybridized carbons (Fsp3) is 0. The van der Waals surface area contributed by atoms with Crippen LogP contribution >= 0.6 is 0 Å². The molecule has 0 aliphatic heterocycles. The summed E-state index contributed by atoms with van der Waals surface area (Å²) in [6.07, 6.45) is 0. The highest BCUT2D eigenvalue weighted by Gasteiger charge is 2.31. The Balaban J connectivity index is 1.02. The van der Waals surface area contributed by atoms with Crippen LogP contribution in [-0.4, -0.2) is 0 Å². The van der Waals surface area contributed by atoms with Gasteiger partial charge in [0.1, 0.15) is 0 Å². The van der Waals surface area contributed by atoms with Gasteiger partial charge in [-0.05, 0) is 145 Å². The second-order valence-electron chi connectivity index (χ2n) is 21.3. The van der Waals surface area contributed by atoms with Crippen molar-refractivity contribution in [3.8, 4) is 145 Å². The van der Waals surface area contributed by atoms with Gasteiger partial charge in [-0.1, -0.05) is 352 Å². The van der Waals surface area contributed by atoms with E-state index in [9.17, 15) is 0 Å². The van der Waals surface area contributed by atoms with E-state index in [-0.39, 0.29) is 0 Å². The summed E-state index contributed by atoms with van der Waals surface area (Å²) in [5.74, 6) is 0. The van der Waals surface area contributed by atoms with Crippen molar-refractivity contribution in [3.05, 3.63) is 352 Å². The molecule has 0 amide bonds. The van der Waals surface area contributed by atoms with Crippen molar-refractivity contribution in [1.29, 1.82) is 0 Å². The van der Waals surface area contributed by atoms with Crippen molar-refractivity contribution in [3.63, 3.8) is 0 Å². The van der Waals surface area contributed by atoms with Crippen molar-refractivity contribution in [2.75, 3.05) is 0 Å². The zero-order valence-corrected chi connectivity index (χ0v) is 46.5. The van der Waals surface area contributed by atoms with E-state index < -0.39 is 0 Å². The van der Waals surface area contributed by atoms with E-state index in [1.165, 1.54) is 77.9 Å². The molecule has 0 aliphatic rings. The molecule has 0 spiro atoms. The molecule has 14 rings (SSSR count). The molecule has 84 heavy (non-hydrogen) atoms. The smallest absolute Gasteiger partial charge is 0.00139 e. The Morgan fingerprint density at radius 3 is 0.262 bits per heavy atom. The van der Waals surface area contributed by atoms with E-state index in [0.717, 1.165) is 66.8 Å². The molecule has 0 heteroatoms. The van der Waals surface area contributed by atoms with Crippen LogP contribution < -0.4 is 0 Å². The maximum Gasteiger partial charge on any atom is -0.00139 e. The summed E-state index contributed by atoms with van der Waals surface area (Å²) >= 11 is 0. The molecule has 0 unspecified atom stereocenters. The summed E-state index contributed by atoms with van der Waals surface area (Å²) in [7, 11) is 0. The van der Waals surface area contributed by atoms with Gasteiger partial charge < -0.3 is 0 Å². The predicted octanol–water partition coefficient (Wildman–Crippen LogP) is 23.4. The van der Waals surface area contributed by atoms with Crippen LogP contribution in [0, 0.1) is 0 Å². The second kappa shape index (κ2) is 23.3. The molecule has 0 saturated carbocycles. The highest BCUT2D eigenvalue weighted by atomic mass is 14.3. The van der Waals surface area contributed by atoms with E-state index in [4.69, 9.17) is 0 Å². The van der Waals surface area contributed by atoms with Crippen molar-refractivity contribution in [1.82, 2.24) is 0 Å². The molecule has 0 heterocycles. The minimum absolute atomic E-state index is 1.14. The lowest BCUT2D eigenvalue weighted by Gasteiger charge is -2.29. The van der Waals surface area contributed by atoms with E-state index in [0.29, 0.717) is 0 Å². The van der Waals surface area contributed by atoms with Gasteiger partial charge in [-0.2, -0.15) is 0 Å². The van der Waals surface area contributed by atoms with Gasteiger partial charge in [-0.3, -0.25) is 0 Å². The first-order chi connectivity index (χ1) is 41.8. The Morgan fingerprint density at radius 2 is 0.155 bits per heavy atom. The van der Waals surface area contributed by atoms with Crippen molar-refractivity contribution in [2.45, 2.75) is 0 Å². The number of hydrogen-bond acceptors (Lipinski definition) is 0. The van der Waals surface area contributed by atoms with Gasteiger partial charge in [0, 0.05) is 0 Å². The van der Waals surface area contributed by atoms with Crippen LogP contribution in [0.3, 0.4) is 0 Å². The summed E-state index contributed by atoms with van der Waals surface area (Å²) in [4.78, 5) is 0. The van der Waals surface area contributed by atoms with E-state index in [2.05, 4.69) is 352 Å². The van der Waals surface area contributed by atoms with Gasteiger partial charge in [0.15, 0.2) is 0 Å². The van der Waals surface area contributed by atoms with Crippen molar-refractivity contribution < 1.29 is 0 Å². The maximum absolute atomic E-state index is 2.35. The molecule has 0 fully saturated rings. The third-order valence-corrected chi connectivity index (χ3v) is 16.3. The lowest BCUT2D eigenvalue weighted by molar-refractivity contribution is 1.51. The number of rotatable bonds is 13. The first kappa shape index (κ1) is 51.2. The molecule has 14 aromatic rings. The van der Waals surface area contributed by atoms with Crippen LogP contribution in [-0.2, 0) is 0 Å². The molecule has 0 atom stereocenters. The molecule has 0 radical (unpaired) electrons. The summed E-state index contributed by atoms with van der Waals surface area (Å²) < 4.78 is 0. The van der Waals surface area contributed by atoms with Gasteiger partial charge in [0.05, 0.1) is 0 Å². The third kappa shape index (κ3) is 9.76. The Labute approximate surface area is 493 Å². The topological polar surface area (TPSA) is 0 Å². The standard InChI is InChI=1S/C84H58/c1-11-31-61(32-12-1)73-75(63-35-15-3-16-36-63)79(67-43-23-7-24-44-67)83(80(68-45-25-8-26-46-68)76(73)64-37-17-4-18-38-64)71-55-51-59(52-56-71)60-53-57-72(58-54-60)84-81(69-47-27-9-28-48-69)77(65-39-19-5-20-40-65)74(62-33-13-2-14-34-62)78(66-41-21-6-22-42-66)82(84)70-49-29-10-30-50-70/h1-58H. The number of hydrogen-bond donors (Lipinski definition) is 0. The van der Waals surface area contributed by atoms with Gasteiger partial charge in [-0.15, -0.1) is 0 Å². The molecular weight excluding hydrogens is 1010 g/mol. The zero-order chi connectivity index (χ0) is 56.0. The van der Waals surface area contributed by atoms with Gasteiger partial charge in [0.2, 0.25) is 0 Å². The first-order valence-corrected chi connectivity index (χ1v) is 29.0. The molecule has 0 aliphatic carbocycles. The van der Waals surface area contributed by atoms with Crippen LogP contribution in [0.1, 0.15) is 0 Å². The monoisotopic (exact) mass is 1070 g/mol. The van der Waals surface area contributed by atoms with E-state index in [1.54, 1.807) is 0 Å². The highest BCUT2D eigenvalue weighted by Crippen LogP contribution is 2.58. The van der Waals surface area contributed by atoms with Crippen molar-refractivity contribution in [2.24, 2.45) is 0 Å². The normalized spacial score (nSPS) is 11.1.